The molecule has 1 heterocycles. The minimum atomic E-state index is -0.398. The van der Waals surface area contributed by atoms with Crippen molar-refractivity contribution in [3.8, 4) is 5.75 Å². The van der Waals surface area contributed by atoms with Crippen LogP contribution >= 0.6 is 12.6 Å². The molecule has 0 aliphatic carbocycles. The van der Waals surface area contributed by atoms with E-state index in [4.69, 9.17) is 4.74 Å². The van der Waals surface area contributed by atoms with Crippen LogP contribution in [0.4, 0.5) is 5.69 Å². The number of amides is 3. The number of imidazole rings is 1. The molecule has 4 aromatic rings. The van der Waals surface area contributed by atoms with Gasteiger partial charge in [0, 0.05) is 38.5 Å². The third-order valence-corrected chi connectivity index (χ3v) is 7.40. The summed E-state index contributed by atoms with van der Waals surface area (Å²) in [6.07, 6.45) is 2.98. The molecule has 4 rings (SSSR count). The van der Waals surface area contributed by atoms with E-state index in [9.17, 15) is 14.4 Å². The lowest BCUT2D eigenvalue weighted by atomic mass is 10.0. The molecule has 3 aromatic carbocycles. The van der Waals surface area contributed by atoms with Crippen LogP contribution < -0.4 is 20.3 Å². The molecule has 9 nitrogen and oxygen atoms in total. The summed E-state index contributed by atoms with van der Waals surface area (Å²) in [6.45, 7) is 4.09. The van der Waals surface area contributed by atoms with Gasteiger partial charge >= 0.3 is 0 Å². The van der Waals surface area contributed by atoms with Gasteiger partial charge in [0.1, 0.15) is 17.9 Å². The number of benzene rings is 3. The van der Waals surface area contributed by atoms with Crippen molar-refractivity contribution in [3.05, 3.63) is 88.5 Å². The van der Waals surface area contributed by atoms with Gasteiger partial charge in [0.25, 0.3) is 5.91 Å². The number of aryl methyl sites for hydroxylation is 2. The molecule has 0 fully saturated rings. The van der Waals surface area contributed by atoms with E-state index in [1.807, 2.05) is 55.8 Å². The van der Waals surface area contributed by atoms with Crippen LogP contribution in [0.5, 0.6) is 5.75 Å². The van der Waals surface area contributed by atoms with Crippen LogP contribution in [-0.2, 0) is 23.2 Å². The maximum atomic E-state index is 13.0. The lowest BCUT2D eigenvalue weighted by Crippen LogP contribution is -2.38. The van der Waals surface area contributed by atoms with E-state index < -0.39 is 5.91 Å². The molecule has 0 aliphatic rings. The second-order valence-corrected chi connectivity index (χ2v) is 9.99. The first-order valence-corrected chi connectivity index (χ1v) is 13.5. The second kappa shape index (κ2) is 12.7. The van der Waals surface area contributed by atoms with E-state index in [1.54, 1.807) is 44.4 Å². The molecule has 0 bridgehead atoms. The Morgan fingerprint density at radius 1 is 1.07 bits per heavy atom. The van der Waals surface area contributed by atoms with Crippen LogP contribution in [0.1, 0.15) is 32.6 Å². The Bertz CT molecular complexity index is 1640. The Morgan fingerprint density at radius 2 is 1.80 bits per heavy atom. The molecule has 41 heavy (non-hydrogen) atoms. The minimum absolute atomic E-state index is 0.165. The number of carbonyl (C=O) groups excluding carboxylic acids is 3. The van der Waals surface area contributed by atoms with E-state index >= 15 is 0 Å². The summed E-state index contributed by atoms with van der Waals surface area (Å²) in [7, 11) is 5.15. The smallest absolute Gasteiger partial charge is 0.251 e. The highest BCUT2D eigenvalue weighted by molar-refractivity contribution is 7.80. The number of aromatic nitrogens is 2. The number of nitrogens with zero attached hydrogens (tertiary/aromatic N) is 3. The van der Waals surface area contributed by atoms with Gasteiger partial charge in [0.2, 0.25) is 11.8 Å². The summed E-state index contributed by atoms with van der Waals surface area (Å²) in [5.74, 6) is -0.186. The fraction of sp³-hybridized carbons (Fsp3) is 0.226. The molecule has 10 heteroatoms. The topological polar surface area (TPSA) is 106 Å². The zero-order valence-electron chi connectivity index (χ0n) is 23.7. The van der Waals surface area contributed by atoms with E-state index in [0.717, 1.165) is 39.0 Å². The quantitative estimate of drug-likeness (QED) is 0.206. The third kappa shape index (κ3) is 6.60. The number of likely N-dealkylation sites (N-methyl/N-ethyl adjacent to an activating group) is 1. The highest BCUT2D eigenvalue weighted by atomic mass is 32.1. The molecule has 1 aromatic heterocycles. The standard InChI is InChI=1S/C31H33N5O4S/c1-19-9-15-24(20(2)23(19)18-40-26-8-6-7-25-29(26)34-31(41)36(25)5)35(4)28(38)17-33-27(37)16-12-21-10-13-22(14-11-21)30(39)32-3/h6-16H,17-18H2,1-5H3,(H,32,39)(H,33,37)(H,34,41). The van der Waals surface area contributed by atoms with Gasteiger partial charge in [-0.3, -0.25) is 14.4 Å². The summed E-state index contributed by atoms with van der Waals surface area (Å²) in [6, 6.07) is 16.4. The highest BCUT2D eigenvalue weighted by Crippen LogP contribution is 2.30. The molecule has 0 unspecified atom stereocenters. The van der Waals surface area contributed by atoms with Gasteiger partial charge in [0.15, 0.2) is 5.16 Å². The van der Waals surface area contributed by atoms with Gasteiger partial charge in [-0.25, -0.2) is 4.98 Å². The van der Waals surface area contributed by atoms with Crippen LogP contribution in [0.25, 0.3) is 17.1 Å². The molecule has 0 aliphatic heterocycles. The molecular formula is C31H33N5O4S. The van der Waals surface area contributed by atoms with E-state index in [1.165, 1.54) is 11.0 Å². The average molecular weight is 572 g/mol. The van der Waals surface area contributed by atoms with Gasteiger partial charge in [-0.1, -0.05) is 24.3 Å². The van der Waals surface area contributed by atoms with Crippen LogP contribution in [0.2, 0.25) is 0 Å². The average Bonchev–Trinajstić information content (AvgIpc) is 3.27. The Balaban J connectivity index is 1.39. The molecule has 0 spiro atoms. The first-order valence-electron chi connectivity index (χ1n) is 13.0. The van der Waals surface area contributed by atoms with Gasteiger partial charge in [-0.05, 0) is 72.5 Å². The van der Waals surface area contributed by atoms with Gasteiger partial charge in [-0.15, -0.1) is 12.6 Å². The number of nitrogens with one attached hydrogen (secondary N) is 2. The van der Waals surface area contributed by atoms with Gasteiger partial charge < -0.3 is 24.8 Å². The Morgan fingerprint density at radius 3 is 2.51 bits per heavy atom. The number of rotatable bonds is 9. The minimum Gasteiger partial charge on any atom is -0.487 e. The van der Waals surface area contributed by atoms with Crippen molar-refractivity contribution in [2.24, 2.45) is 7.05 Å². The van der Waals surface area contributed by atoms with Crippen molar-refractivity contribution in [1.29, 1.82) is 0 Å². The van der Waals surface area contributed by atoms with E-state index in [0.29, 0.717) is 23.1 Å². The lowest BCUT2D eigenvalue weighted by Gasteiger charge is -2.23. The summed E-state index contributed by atoms with van der Waals surface area (Å²) >= 11 is 4.42. The first-order chi connectivity index (χ1) is 19.6. The second-order valence-electron chi connectivity index (χ2n) is 9.59. The number of hydrogen-bond donors (Lipinski definition) is 3. The number of ether oxygens (including phenoxy) is 1. The number of anilines is 1. The summed E-state index contributed by atoms with van der Waals surface area (Å²) < 4.78 is 8.09. The number of thiol groups is 1. The van der Waals surface area contributed by atoms with Crippen molar-refractivity contribution in [2.45, 2.75) is 25.6 Å². The van der Waals surface area contributed by atoms with Crippen LogP contribution in [-0.4, -0.2) is 47.9 Å². The Labute approximate surface area is 244 Å². The Kier molecular flexibility index (Phi) is 9.14. The van der Waals surface area contributed by atoms with E-state index in [-0.39, 0.29) is 18.4 Å². The van der Waals surface area contributed by atoms with Crippen molar-refractivity contribution >= 4 is 53.1 Å². The maximum absolute atomic E-state index is 13.0. The molecule has 0 radical (unpaired) electrons. The van der Waals surface area contributed by atoms with Crippen LogP contribution in [0.15, 0.2) is 65.8 Å². The van der Waals surface area contributed by atoms with Crippen molar-refractivity contribution < 1.29 is 19.1 Å². The summed E-state index contributed by atoms with van der Waals surface area (Å²) in [5.41, 5.74) is 6.60. The van der Waals surface area contributed by atoms with Crippen molar-refractivity contribution in [2.75, 3.05) is 25.5 Å². The molecular weight excluding hydrogens is 538 g/mol. The Hall–Kier alpha value is -4.57. The van der Waals surface area contributed by atoms with Gasteiger partial charge in [-0.2, -0.15) is 0 Å². The van der Waals surface area contributed by atoms with E-state index in [2.05, 4.69) is 28.2 Å². The van der Waals surface area contributed by atoms with Crippen LogP contribution in [0.3, 0.4) is 0 Å². The highest BCUT2D eigenvalue weighted by Gasteiger charge is 2.18. The van der Waals surface area contributed by atoms with Gasteiger partial charge in [0.05, 0.1) is 12.1 Å². The summed E-state index contributed by atoms with van der Waals surface area (Å²) in [4.78, 5) is 43.0. The van der Waals surface area contributed by atoms with Crippen molar-refractivity contribution in [3.63, 3.8) is 0 Å². The zero-order chi connectivity index (χ0) is 29.7. The molecule has 2 N–H and O–H groups in total. The molecule has 0 saturated heterocycles. The molecule has 212 valence electrons. The number of fused-ring (bicyclic) bond motifs is 1. The maximum Gasteiger partial charge on any atom is 0.251 e. The summed E-state index contributed by atoms with van der Waals surface area (Å²) in [5, 5.41) is 5.80. The fourth-order valence-corrected chi connectivity index (χ4v) is 4.65. The number of para-hydroxylation sites is 1. The first kappa shape index (κ1) is 29.4. The molecule has 0 atom stereocenters. The third-order valence-electron chi connectivity index (χ3n) is 7.00. The number of hydrogen-bond acceptors (Lipinski definition) is 6. The normalized spacial score (nSPS) is 11.1. The lowest BCUT2D eigenvalue weighted by molar-refractivity contribution is -0.122. The monoisotopic (exact) mass is 571 g/mol. The van der Waals surface area contributed by atoms with Crippen LogP contribution in [0, 0.1) is 13.8 Å². The van der Waals surface area contributed by atoms with Crippen molar-refractivity contribution in [1.82, 2.24) is 20.2 Å². The predicted molar refractivity (Wildman–Crippen MR) is 163 cm³/mol. The number of carbonyl (C=O) groups is 3. The fourth-order valence-electron chi connectivity index (χ4n) is 4.44. The molecule has 3 amide bonds. The molecule has 0 saturated carbocycles. The zero-order valence-corrected chi connectivity index (χ0v) is 24.6. The largest absolute Gasteiger partial charge is 0.487 e. The SMILES string of the molecule is CNC(=O)c1ccc(C=CC(=O)NCC(=O)N(C)c2ccc(C)c(COc3cccc4c3nc(S)n4C)c2C)cc1. The predicted octanol–water partition coefficient (Wildman–Crippen LogP) is 4.21.